The number of ether oxygens (including phenoxy) is 1. The second kappa shape index (κ2) is 8.31. The topological polar surface area (TPSA) is 91.5 Å². The number of benzene rings is 1. The third-order valence-corrected chi connectivity index (χ3v) is 4.86. The number of hydrogen-bond acceptors (Lipinski definition) is 4. The summed E-state index contributed by atoms with van der Waals surface area (Å²) in [5, 5.41) is 11.7. The molecule has 3 rings (SSSR count). The minimum atomic E-state index is -0.251. The van der Waals surface area contributed by atoms with Gasteiger partial charge in [0.15, 0.2) is 0 Å². The maximum Gasteiger partial charge on any atom is 0.319 e. The van der Waals surface area contributed by atoms with E-state index in [-0.39, 0.29) is 24.0 Å². The van der Waals surface area contributed by atoms with Crippen molar-refractivity contribution >= 4 is 23.3 Å². The normalized spacial score (nSPS) is 21.2. The van der Waals surface area contributed by atoms with Gasteiger partial charge >= 0.3 is 6.03 Å². The first kappa shape index (κ1) is 17.7. The zero-order valence-corrected chi connectivity index (χ0v) is 14.5. The number of carbonyl (C=O) groups is 2. The van der Waals surface area contributed by atoms with Crippen molar-refractivity contribution in [1.82, 2.24) is 10.6 Å². The van der Waals surface area contributed by atoms with Crippen LogP contribution in [0.5, 0.6) is 0 Å². The summed E-state index contributed by atoms with van der Waals surface area (Å²) in [6.45, 7) is 5.05. The van der Waals surface area contributed by atoms with Crippen LogP contribution < -0.4 is 21.3 Å². The van der Waals surface area contributed by atoms with Gasteiger partial charge in [0.1, 0.15) is 0 Å². The van der Waals surface area contributed by atoms with Gasteiger partial charge in [-0.05, 0) is 56.1 Å². The minimum absolute atomic E-state index is 0.0114. The molecule has 1 aromatic rings. The standard InChI is InChI=1S/C18H26N4O3/c1-12(13-9-19-10-13)17(23)21-14-4-6-15(7-5-14)22-18(24)20-11-16-3-2-8-25-16/h4-7,12-13,16,19H,2-3,8-11H2,1H3,(H,21,23)(H2,20,22,24). The number of nitrogens with one attached hydrogen (secondary N) is 4. The highest BCUT2D eigenvalue weighted by atomic mass is 16.5. The van der Waals surface area contributed by atoms with Gasteiger partial charge in [-0.25, -0.2) is 4.79 Å². The van der Waals surface area contributed by atoms with Crippen molar-refractivity contribution < 1.29 is 14.3 Å². The molecular weight excluding hydrogens is 320 g/mol. The first-order chi connectivity index (χ1) is 12.1. The van der Waals surface area contributed by atoms with E-state index in [0.717, 1.165) is 38.2 Å². The fourth-order valence-corrected chi connectivity index (χ4v) is 2.96. The van der Waals surface area contributed by atoms with Gasteiger partial charge in [-0.3, -0.25) is 4.79 Å². The summed E-state index contributed by atoms with van der Waals surface area (Å²) in [5.74, 6) is 0.428. The van der Waals surface area contributed by atoms with Gasteiger partial charge < -0.3 is 26.0 Å². The van der Waals surface area contributed by atoms with Crippen LogP contribution in [-0.2, 0) is 9.53 Å². The summed E-state index contributed by atoms with van der Waals surface area (Å²) in [6.07, 6.45) is 2.16. The Labute approximate surface area is 147 Å². The summed E-state index contributed by atoms with van der Waals surface area (Å²) in [5.41, 5.74) is 1.41. The molecular formula is C18H26N4O3. The predicted molar refractivity (Wildman–Crippen MR) is 96.6 cm³/mol. The molecule has 2 fully saturated rings. The van der Waals surface area contributed by atoms with Crippen molar-refractivity contribution in [3.63, 3.8) is 0 Å². The fourth-order valence-electron chi connectivity index (χ4n) is 2.96. The Morgan fingerprint density at radius 1 is 1.20 bits per heavy atom. The van der Waals surface area contributed by atoms with Crippen LogP contribution in [0.25, 0.3) is 0 Å². The Kier molecular flexibility index (Phi) is 5.88. The zero-order chi connectivity index (χ0) is 17.6. The highest BCUT2D eigenvalue weighted by molar-refractivity contribution is 5.93. The molecule has 3 amide bonds. The van der Waals surface area contributed by atoms with E-state index < -0.39 is 0 Å². The molecule has 7 heteroatoms. The Balaban J connectivity index is 1.43. The Bertz CT molecular complexity index is 595. The first-order valence-corrected chi connectivity index (χ1v) is 8.90. The monoisotopic (exact) mass is 346 g/mol. The van der Waals surface area contributed by atoms with E-state index in [0.29, 0.717) is 18.2 Å². The molecule has 136 valence electrons. The molecule has 0 spiro atoms. The first-order valence-electron chi connectivity index (χ1n) is 8.90. The van der Waals surface area contributed by atoms with Crippen LogP contribution >= 0.6 is 0 Å². The van der Waals surface area contributed by atoms with E-state index in [9.17, 15) is 9.59 Å². The van der Waals surface area contributed by atoms with Crippen LogP contribution in [0.1, 0.15) is 19.8 Å². The summed E-state index contributed by atoms with van der Waals surface area (Å²) in [7, 11) is 0. The quantitative estimate of drug-likeness (QED) is 0.632. The number of rotatable bonds is 6. The van der Waals surface area contributed by atoms with Crippen molar-refractivity contribution in [1.29, 1.82) is 0 Å². The third kappa shape index (κ3) is 4.93. The highest BCUT2D eigenvalue weighted by Crippen LogP contribution is 2.19. The van der Waals surface area contributed by atoms with Gasteiger partial charge in [0, 0.05) is 30.4 Å². The number of anilines is 2. The molecule has 0 saturated carbocycles. The molecule has 0 aromatic heterocycles. The maximum atomic E-state index is 12.2. The fraction of sp³-hybridized carbons (Fsp3) is 0.556. The molecule has 7 nitrogen and oxygen atoms in total. The molecule has 0 bridgehead atoms. The Hall–Kier alpha value is -2.12. The average Bonchev–Trinajstić information content (AvgIpc) is 3.06. The van der Waals surface area contributed by atoms with E-state index in [1.54, 1.807) is 24.3 Å². The lowest BCUT2D eigenvalue weighted by Crippen LogP contribution is -2.48. The van der Waals surface area contributed by atoms with Crippen molar-refractivity contribution in [2.24, 2.45) is 11.8 Å². The van der Waals surface area contributed by atoms with Gasteiger partial charge in [-0.15, -0.1) is 0 Å². The van der Waals surface area contributed by atoms with Gasteiger partial charge in [-0.2, -0.15) is 0 Å². The van der Waals surface area contributed by atoms with E-state index in [1.165, 1.54) is 0 Å². The van der Waals surface area contributed by atoms with E-state index in [1.807, 2.05) is 6.92 Å². The molecule has 2 saturated heterocycles. The van der Waals surface area contributed by atoms with Crippen LogP contribution in [0.4, 0.5) is 16.2 Å². The van der Waals surface area contributed by atoms with Gasteiger partial charge in [0.05, 0.1) is 6.10 Å². The zero-order valence-electron chi connectivity index (χ0n) is 14.5. The lowest BCUT2D eigenvalue weighted by molar-refractivity contribution is -0.121. The van der Waals surface area contributed by atoms with Gasteiger partial charge in [0.2, 0.25) is 5.91 Å². The average molecular weight is 346 g/mol. The van der Waals surface area contributed by atoms with Crippen LogP contribution in [-0.4, -0.2) is 44.3 Å². The summed E-state index contributed by atoms with van der Waals surface area (Å²) in [6, 6.07) is 6.88. The maximum absolute atomic E-state index is 12.2. The van der Waals surface area contributed by atoms with E-state index in [2.05, 4.69) is 21.3 Å². The van der Waals surface area contributed by atoms with Crippen LogP contribution in [0, 0.1) is 11.8 Å². The molecule has 1 aromatic carbocycles. The predicted octanol–water partition coefficient (Wildman–Crippen LogP) is 1.78. The van der Waals surface area contributed by atoms with Crippen molar-refractivity contribution in [2.75, 3.05) is 36.9 Å². The smallest absolute Gasteiger partial charge is 0.319 e. The minimum Gasteiger partial charge on any atom is -0.376 e. The summed E-state index contributed by atoms with van der Waals surface area (Å²) >= 11 is 0. The molecule has 2 atom stereocenters. The lowest BCUT2D eigenvalue weighted by Gasteiger charge is -2.31. The number of hydrogen-bond donors (Lipinski definition) is 4. The number of amides is 3. The molecule has 2 unspecified atom stereocenters. The summed E-state index contributed by atoms with van der Waals surface area (Å²) < 4.78 is 5.47. The molecule has 0 aliphatic carbocycles. The second-order valence-corrected chi connectivity index (χ2v) is 6.74. The molecule has 0 radical (unpaired) electrons. The Morgan fingerprint density at radius 2 is 1.88 bits per heavy atom. The van der Waals surface area contributed by atoms with Gasteiger partial charge in [-0.1, -0.05) is 6.92 Å². The molecule has 2 aliphatic heterocycles. The van der Waals surface area contributed by atoms with Crippen molar-refractivity contribution in [2.45, 2.75) is 25.9 Å². The van der Waals surface area contributed by atoms with Crippen LogP contribution in [0.3, 0.4) is 0 Å². The number of urea groups is 1. The number of carbonyl (C=O) groups excluding carboxylic acids is 2. The van der Waals surface area contributed by atoms with E-state index >= 15 is 0 Å². The largest absolute Gasteiger partial charge is 0.376 e. The van der Waals surface area contributed by atoms with Crippen LogP contribution in [0.2, 0.25) is 0 Å². The third-order valence-electron chi connectivity index (χ3n) is 4.86. The second-order valence-electron chi connectivity index (χ2n) is 6.74. The summed E-state index contributed by atoms with van der Waals surface area (Å²) in [4.78, 5) is 24.1. The van der Waals surface area contributed by atoms with E-state index in [4.69, 9.17) is 4.74 Å². The molecule has 2 aliphatic rings. The van der Waals surface area contributed by atoms with Gasteiger partial charge in [0.25, 0.3) is 0 Å². The SMILES string of the molecule is CC(C(=O)Nc1ccc(NC(=O)NCC2CCCO2)cc1)C1CNC1. The van der Waals surface area contributed by atoms with Crippen molar-refractivity contribution in [3.05, 3.63) is 24.3 Å². The Morgan fingerprint density at radius 3 is 2.44 bits per heavy atom. The highest BCUT2D eigenvalue weighted by Gasteiger charge is 2.28. The molecule has 25 heavy (non-hydrogen) atoms. The molecule has 2 heterocycles. The van der Waals surface area contributed by atoms with Crippen LogP contribution in [0.15, 0.2) is 24.3 Å². The molecule has 4 N–H and O–H groups in total. The lowest BCUT2D eigenvalue weighted by atomic mass is 9.88. The van der Waals surface area contributed by atoms with Crippen molar-refractivity contribution in [3.8, 4) is 0 Å².